The zero-order chi connectivity index (χ0) is 29.5. The van der Waals surface area contributed by atoms with E-state index in [9.17, 15) is 24.0 Å². The molecule has 2 aliphatic rings. The first kappa shape index (κ1) is 28.1. The minimum Gasteiger partial charge on any atom is -0.462 e. The van der Waals surface area contributed by atoms with Crippen molar-refractivity contribution in [2.45, 2.75) is 36.6 Å². The van der Waals surface area contributed by atoms with Gasteiger partial charge in [-0.05, 0) is 61.7 Å². The highest BCUT2D eigenvalue weighted by Gasteiger charge is 2.57. The van der Waals surface area contributed by atoms with E-state index in [-0.39, 0.29) is 29.8 Å². The maximum atomic E-state index is 13.9. The fraction of sp³-hybridized carbons (Fsp3) is 0.233. The van der Waals surface area contributed by atoms with Crippen molar-refractivity contribution in [1.82, 2.24) is 4.57 Å². The lowest BCUT2D eigenvalue weighted by Gasteiger charge is -2.29. The fourth-order valence-electron chi connectivity index (χ4n) is 5.23. The van der Waals surface area contributed by atoms with E-state index in [1.54, 1.807) is 31.2 Å². The van der Waals surface area contributed by atoms with Gasteiger partial charge in [-0.3, -0.25) is 23.7 Å². The Kier molecular flexibility index (Phi) is 7.60. The number of anilines is 2. The minimum absolute atomic E-state index is 0.221. The highest BCUT2D eigenvalue weighted by Crippen LogP contribution is 2.54. The first-order chi connectivity index (χ1) is 20.3. The van der Waals surface area contributed by atoms with Gasteiger partial charge in [0.1, 0.15) is 11.8 Å². The highest BCUT2D eigenvalue weighted by molar-refractivity contribution is 8.00. The van der Waals surface area contributed by atoms with Crippen LogP contribution in [0.2, 0.25) is 0 Å². The predicted octanol–water partition coefficient (Wildman–Crippen LogP) is 4.89. The lowest BCUT2D eigenvalue weighted by atomic mass is 9.87. The molecule has 4 heterocycles. The summed E-state index contributed by atoms with van der Waals surface area (Å²) in [7, 11) is 0. The Morgan fingerprint density at radius 1 is 0.976 bits per heavy atom. The first-order valence-corrected chi connectivity index (χ1v) is 15.8. The van der Waals surface area contributed by atoms with Gasteiger partial charge in [-0.2, -0.15) is 0 Å². The zero-order valence-electron chi connectivity index (χ0n) is 22.6. The maximum absolute atomic E-state index is 13.9. The number of carbonyl (C=O) groups excluding carboxylic acids is 4. The molecule has 1 N–H and O–H groups in total. The van der Waals surface area contributed by atoms with Gasteiger partial charge < -0.3 is 10.1 Å². The third kappa shape index (κ3) is 4.99. The van der Waals surface area contributed by atoms with Gasteiger partial charge in [0.15, 0.2) is 0 Å². The molecule has 1 fully saturated rings. The molecule has 0 bridgehead atoms. The third-order valence-electron chi connectivity index (χ3n) is 7.17. The number of hydrogen-bond acceptors (Lipinski definition) is 9. The number of esters is 1. The summed E-state index contributed by atoms with van der Waals surface area (Å²) in [6, 6.07) is 17.3. The second-order valence-corrected chi connectivity index (χ2v) is 13.0. The van der Waals surface area contributed by atoms with Gasteiger partial charge >= 0.3 is 10.8 Å². The normalized spacial score (nSPS) is 19.4. The van der Waals surface area contributed by atoms with Crippen LogP contribution in [0.25, 0.3) is 0 Å². The van der Waals surface area contributed by atoms with Crippen molar-refractivity contribution in [1.29, 1.82) is 0 Å². The number of imide groups is 1. The van der Waals surface area contributed by atoms with Crippen molar-refractivity contribution in [3.05, 3.63) is 96.6 Å². The van der Waals surface area contributed by atoms with Crippen LogP contribution in [-0.2, 0) is 25.7 Å². The van der Waals surface area contributed by atoms with Gasteiger partial charge in [0.05, 0.1) is 28.8 Å². The quantitative estimate of drug-likeness (QED) is 0.231. The lowest BCUT2D eigenvalue weighted by molar-refractivity contribution is -0.122. The molecule has 2 aliphatic heterocycles. The molecule has 0 saturated carbocycles. The SMILES string of the molecule is CCOC(=O)c1ccc(N2C(=O)C3Sc4c(sc(=O)n4CC(=O)Nc4ccc(C)cc4)C(c4cccs4)C3C2=O)cc1. The number of ether oxygens (including phenoxy) is 1. The van der Waals surface area contributed by atoms with E-state index >= 15 is 0 Å². The predicted molar refractivity (Wildman–Crippen MR) is 163 cm³/mol. The number of nitrogens with zero attached hydrogens (tertiary/aromatic N) is 2. The van der Waals surface area contributed by atoms with Crippen LogP contribution in [0.15, 0.2) is 75.9 Å². The summed E-state index contributed by atoms with van der Waals surface area (Å²) in [4.78, 5) is 68.5. The van der Waals surface area contributed by atoms with Crippen molar-refractivity contribution in [2.75, 3.05) is 16.8 Å². The number of thioether (sulfide) groups is 1. The number of thiazole rings is 1. The molecule has 12 heteroatoms. The Balaban J connectivity index is 1.34. The summed E-state index contributed by atoms with van der Waals surface area (Å²) in [5.41, 5.74) is 2.35. The number of rotatable bonds is 7. The van der Waals surface area contributed by atoms with E-state index < -0.39 is 29.0 Å². The minimum atomic E-state index is -0.790. The molecule has 4 aromatic rings. The molecule has 42 heavy (non-hydrogen) atoms. The Bertz CT molecular complexity index is 1740. The monoisotopic (exact) mass is 619 g/mol. The van der Waals surface area contributed by atoms with Gasteiger partial charge in [-0.1, -0.05) is 46.9 Å². The van der Waals surface area contributed by atoms with Gasteiger partial charge in [0.2, 0.25) is 17.7 Å². The molecule has 2 aromatic heterocycles. The topological polar surface area (TPSA) is 115 Å². The van der Waals surface area contributed by atoms with Crippen LogP contribution in [0.4, 0.5) is 11.4 Å². The number of amides is 3. The molecular weight excluding hydrogens is 595 g/mol. The van der Waals surface area contributed by atoms with E-state index in [0.717, 1.165) is 33.5 Å². The summed E-state index contributed by atoms with van der Waals surface area (Å²) in [5, 5.41) is 4.47. The van der Waals surface area contributed by atoms with Crippen LogP contribution in [0.5, 0.6) is 0 Å². The summed E-state index contributed by atoms with van der Waals surface area (Å²) in [5.74, 6) is -2.86. The van der Waals surface area contributed by atoms with Gasteiger partial charge in [0, 0.05) is 21.4 Å². The van der Waals surface area contributed by atoms with Crippen LogP contribution < -0.4 is 15.1 Å². The molecule has 1 saturated heterocycles. The number of carbonyl (C=O) groups is 4. The van der Waals surface area contributed by atoms with Crippen molar-refractivity contribution >= 4 is 69.5 Å². The zero-order valence-corrected chi connectivity index (χ0v) is 25.0. The third-order valence-corrected chi connectivity index (χ3v) is 10.7. The molecule has 9 nitrogen and oxygen atoms in total. The number of nitrogens with one attached hydrogen (secondary N) is 1. The van der Waals surface area contributed by atoms with Crippen LogP contribution in [0.3, 0.4) is 0 Å². The molecule has 3 atom stereocenters. The smallest absolute Gasteiger partial charge is 0.338 e. The van der Waals surface area contributed by atoms with Crippen LogP contribution in [0.1, 0.15) is 38.5 Å². The molecule has 6 rings (SSSR count). The van der Waals surface area contributed by atoms with E-state index in [4.69, 9.17) is 4.74 Å². The average molecular weight is 620 g/mol. The molecule has 0 spiro atoms. The Morgan fingerprint density at radius 2 is 1.71 bits per heavy atom. The van der Waals surface area contributed by atoms with Crippen LogP contribution in [-0.4, -0.2) is 40.1 Å². The van der Waals surface area contributed by atoms with Crippen molar-refractivity contribution in [3.8, 4) is 0 Å². The molecule has 3 unspecified atom stereocenters. The number of benzene rings is 2. The fourth-order valence-corrected chi connectivity index (χ4v) is 8.95. The van der Waals surface area contributed by atoms with E-state index in [1.165, 1.54) is 32.9 Å². The van der Waals surface area contributed by atoms with Crippen molar-refractivity contribution in [2.24, 2.45) is 5.92 Å². The first-order valence-electron chi connectivity index (χ1n) is 13.2. The summed E-state index contributed by atoms with van der Waals surface area (Å²) in [6.45, 7) is 3.68. The van der Waals surface area contributed by atoms with Gasteiger partial charge in [-0.25, -0.2) is 9.69 Å². The Labute approximate surface area is 253 Å². The summed E-state index contributed by atoms with van der Waals surface area (Å²) < 4.78 is 6.44. The van der Waals surface area contributed by atoms with Gasteiger partial charge in [0.25, 0.3) is 0 Å². The molecule has 214 valence electrons. The average Bonchev–Trinajstić information content (AvgIpc) is 3.67. The second kappa shape index (κ2) is 11.3. The maximum Gasteiger partial charge on any atom is 0.338 e. The van der Waals surface area contributed by atoms with Gasteiger partial charge in [-0.15, -0.1) is 11.3 Å². The lowest BCUT2D eigenvalue weighted by Crippen LogP contribution is -2.32. The van der Waals surface area contributed by atoms with E-state index in [2.05, 4.69) is 5.32 Å². The van der Waals surface area contributed by atoms with Crippen LogP contribution in [0, 0.1) is 12.8 Å². The Hall–Kier alpha value is -4.00. The number of aromatic nitrogens is 1. The molecule has 0 aliphatic carbocycles. The molecule has 2 aromatic carbocycles. The number of hydrogen-bond donors (Lipinski definition) is 1. The summed E-state index contributed by atoms with van der Waals surface area (Å²) >= 11 is 3.63. The summed E-state index contributed by atoms with van der Waals surface area (Å²) in [6.07, 6.45) is 0. The second-order valence-electron chi connectivity index (χ2n) is 9.87. The number of thiophene rings is 1. The number of aryl methyl sites for hydroxylation is 1. The number of fused-ring (bicyclic) bond motifs is 2. The van der Waals surface area contributed by atoms with E-state index in [0.29, 0.717) is 26.8 Å². The van der Waals surface area contributed by atoms with E-state index in [1.807, 2.05) is 36.6 Å². The highest BCUT2D eigenvalue weighted by atomic mass is 32.2. The Morgan fingerprint density at radius 3 is 2.38 bits per heavy atom. The van der Waals surface area contributed by atoms with Crippen LogP contribution >= 0.6 is 34.4 Å². The van der Waals surface area contributed by atoms with Crippen molar-refractivity contribution < 1.29 is 23.9 Å². The molecule has 3 amide bonds. The molecular formula is C30H25N3O6S3. The standard InChI is InChI=1S/C30H25N3O6S3/c1-3-39-29(37)17-8-12-19(13-9-17)33-26(35)23-22(20-5-4-14-40-20)25-28(41-24(23)27(33)36)32(30(38)42-25)15-21(34)31-18-10-6-16(2)7-11-18/h4-14,22-24H,3,15H2,1-2H3,(H,31,34). The largest absolute Gasteiger partial charge is 0.462 e. The molecule has 0 radical (unpaired) electrons. The van der Waals surface area contributed by atoms with Crippen molar-refractivity contribution in [3.63, 3.8) is 0 Å².